The van der Waals surface area contributed by atoms with Crippen LogP contribution in [0.3, 0.4) is 0 Å². The van der Waals surface area contributed by atoms with Crippen LogP contribution in [0.1, 0.15) is 41.5 Å². The quantitative estimate of drug-likeness (QED) is 0.286. The molecule has 1 aromatic heterocycles. The van der Waals surface area contributed by atoms with Crippen LogP contribution in [0, 0.1) is 5.92 Å². The summed E-state index contributed by atoms with van der Waals surface area (Å²) in [6.45, 7) is 0. The van der Waals surface area contributed by atoms with Crippen molar-refractivity contribution in [3.63, 3.8) is 0 Å². The first kappa shape index (κ1) is 21.0. The minimum absolute atomic E-state index is 0.107. The number of likely N-dealkylation sites (N-methyl/N-ethyl adjacent to an activating group) is 1. The van der Waals surface area contributed by atoms with Crippen molar-refractivity contribution in [2.45, 2.75) is 19.3 Å². The molecular weight excluding hydrogens is 406 g/mol. The van der Waals surface area contributed by atoms with Gasteiger partial charge in [0.05, 0.1) is 11.7 Å². The maximum absolute atomic E-state index is 11.6. The molecule has 1 aliphatic rings. The Bertz CT molecular complexity index is 1330. The van der Waals surface area contributed by atoms with Crippen molar-refractivity contribution in [2.24, 2.45) is 5.92 Å². The van der Waals surface area contributed by atoms with E-state index in [1.807, 2.05) is 12.3 Å². The molecule has 5 rings (SSSR count). The Kier molecular flexibility index (Phi) is 5.90. The lowest BCUT2D eigenvalue weighted by molar-refractivity contribution is -0.115. The summed E-state index contributed by atoms with van der Waals surface area (Å²) < 4.78 is 0. The first-order chi connectivity index (χ1) is 16.2. The lowest BCUT2D eigenvalue weighted by Crippen LogP contribution is -2.15. The van der Waals surface area contributed by atoms with Crippen LogP contribution in [0.5, 0.6) is 0 Å². The summed E-state index contributed by atoms with van der Waals surface area (Å²) >= 11 is 0. The van der Waals surface area contributed by atoms with Crippen LogP contribution in [0.2, 0.25) is 0 Å². The van der Waals surface area contributed by atoms with Gasteiger partial charge in [-0.2, -0.15) is 5.10 Å². The summed E-state index contributed by atoms with van der Waals surface area (Å²) in [5, 5.41) is 11.0. The highest BCUT2D eigenvalue weighted by Crippen LogP contribution is 2.45. The predicted molar refractivity (Wildman–Crippen MR) is 135 cm³/mol. The van der Waals surface area contributed by atoms with E-state index in [-0.39, 0.29) is 5.91 Å². The molecule has 0 radical (unpaired) electrons. The topological polar surface area (TPSA) is 57.8 Å². The number of fused-ring (bicyclic) bond motifs is 1. The maximum Gasteiger partial charge on any atom is 0.243 e. The Hall–Kier alpha value is -3.92. The summed E-state index contributed by atoms with van der Waals surface area (Å²) in [7, 11) is 1.63. The van der Waals surface area contributed by atoms with Crippen molar-refractivity contribution in [1.82, 2.24) is 15.5 Å². The van der Waals surface area contributed by atoms with E-state index in [9.17, 15) is 4.79 Å². The molecular formula is C29H27N3O. The fourth-order valence-corrected chi connectivity index (χ4v) is 4.49. The van der Waals surface area contributed by atoms with Crippen LogP contribution < -0.4 is 5.32 Å². The van der Waals surface area contributed by atoms with Gasteiger partial charge in [0.1, 0.15) is 0 Å². The molecule has 0 atom stereocenters. The van der Waals surface area contributed by atoms with Crippen molar-refractivity contribution in [3.8, 4) is 0 Å². The highest BCUT2D eigenvalue weighted by Gasteiger charge is 2.27. The number of rotatable bonds is 6. The number of carbonyl (C=O) groups is 1. The SMILES string of the molecule is CNC(=O)C=Cc1ccc(C(=C(c2ccccc2)C2CCC2)c2ccc3[nH]ncc3c2)cc1. The van der Waals surface area contributed by atoms with E-state index in [1.165, 1.54) is 47.1 Å². The number of hydrogen-bond donors (Lipinski definition) is 2. The first-order valence-corrected chi connectivity index (χ1v) is 11.5. The van der Waals surface area contributed by atoms with E-state index in [2.05, 4.69) is 88.3 Å². The predicted octanol–water partition coefficient (Wildman–Crippen LogP) is 6.08. The number of carbonyl (C=O) groups excluding carboxylic acids is 1. The van der Waals surface area contributed by atoms with Crippen molar-refractivity contribution < 1.29 is 4.79 Å². The van der Waals surface area contributed by atoms with E-state index in [0.717, 1.165) is 16.5 Å². The molecule has 0 spiro atoms. The van der Waals surface area contributed by atoms with Crippen LogP contribution in [0.4, 0.5) is 0 Å². The van der Waals surface area contributed by atoms with Gasteiger partial charge < -0.3 is 5.32 Å². The van der Waals surface area contributed by atoms with Gasteiger partial charge in [0.2, 0.25) is 5.91 Å². The van der Waals surface area contributed by atoms with Gasteiger partial charge in [0, 0.05) is 18.5 Å². The highest BCUT2D eigenvalue weighted by atomic mass is 16.1. The highest BCUT2D eigenvalue weighted by molar-refractivity contribution is 6.01. The van der Waals surface area contributed by atoms with Gasteiger partial charge in [-0.05, 0) is 70.4 Å². The molecule has 1 amide bonds. The Morgan fingerprint density at radius 2 is 1.73 bits per heavy atom. The van der Waals surface area contributed by atoms with E-state index in [0.29, 0.717) is 5.92 Å². The summed E-state index contributed by atoms with van der Waals surface area (Å²) in [6.07, 6.45) is 8.99. The summed E-state index contributed by atoms with van der Waals surface area (Å²) in [5.74, 6) is 0.444. The molecule has 1 heterocycles. The smallest absolute Gasteiger partial charge is 0.243 e. The lowest BCUT2D eigenvalue weighted by atomic mass is 9.73. The second-order valence-electron chi connectivity index (χ2n) is 8.52. The van der Waals surface area contributed by atoms with Gasteiger partial charge >= 0.3 is 0 Å². The second kappa shape index (κ2) is 9.29. The normalized spacial score (nSPS) is 14.8. The Balaban J connectivity index is 1.68. The average molecular weight is 434 g/mol. The fraction of sp³-hybridized carbons (Fsp3) is 0.172. The zero-order valence-corrected chi connectivity index (χ0v) is 18.7. The molecule has 1 saturated carbocycles. The largest absolute Gasteiger partial charge is 0.356 e. The van der Waals surface area contributed by atoms with Gasteiger partial charge in [-0.1, -0.05) is 67.1 Å². The van der Waals surface area contributed by atoms with Crippen LogP contribution in [0.25, 0.3) is 28.1 Å². The Morgan fingerprint density at radius 3 is 2.42 bits per heavy atom. The van der Waals surface area contributed by atoms with Crippen LogP contribution in [-0.2, 0) is 4.79 Å². The molecule has 3 aromatic carbocycles. The number of nitrogens with zero attached hydrogens (tertiary/aromatic N) is 1. The van der Waals surface area contributed by atoms with Crippen LogP contribution >= 0.6 is 0 Å². The fourth-order valence-electron chi connectivity index (χ4n) is 4.49. The molecule has 4 aromatic rings. The summed E-state index contributed by atoms with van der Waals surface area (Å²) in [6, 6.07) is 25.8. The molecule has 33 heavy (non-hydrogen) atoms. The van der Waals surface area contributed by atoms with E-state index in [4.69, 9.17) is 0 Å². The standard InChI is InChI=1S/C29H27N3O/c1-30-27(33)17-12-20-10-13-23(14-11-20)29(24-15-16-26-25(18-24)19-31-32-26)28(22-8-5-9-22)21-6-3-2-4-7-21/h2-4,6-7,10-19,22H,5,8-9H2,1H3,(H,30,33)(H,31,32). The van der Waals surface area contributed by atoms with Crippen molar-refractivity contribution in [2.75, 3.05) is 7.05 Å². The van der Waals surface area contributed by atoms with E-state index >= 15 is 0 Å². The number of nitrogens with one attached hydrogen (secondary N) is 2. The van der Waals surface area contributed by atoms with E-state index in [1.54, 1.807) is 13.1 Å². The minimum Gasteiger partial charge on any atom is -0.356 e. The Labute approximate surface area is 194 Å². The van der Waals surface area contributed by atoms with Gasteiger partial charge in [0.15, 0.2) is 0 Å². The maximum atomic E-state index is 11.6. The molecule has 1 fully saturated rings. The van der Waals surface area contributed by atoms with Crippen LogP contribution in [0.15, 0.2) is 85.1 Å². The third-order valence-corrected chi connectivity index (χ3v) is 6.47. The van der Waals surface area contributed by atoms with Gasteiger partial charge in [0.25, 0.3) is 0 Å². The number of allylic oxidation sites excluding steroid dienone is 1. The number of aromatic amines is 1. The molecule has 0 unspecified atom stereocenters. The number of benzene rings is 3. The van der Waals surface area contributed by atoms with Gasteiger partial charge in [-0.3, -0.25) is 9.89 Å². The van der Waals surface area contributed by atoms with E-state index < -0.39 is 0 Å². The zero-order valence-electron chi connectivity index (χ0n) is 18.7. The van der Waals surface area contributed by atoms with Crippen LogP contribution in [-0.4, -0.2) is 23.2 Å². The number of hydrogen-bond acceptors (Lipinski definition) is 2. The number of aromatic nitrogens is 2. The van der Waals surface area contributed by atoms with Gasteiger partial charge in [-0.15, -0.1) is 0 Å². The Morgan fingerprint density at radius 1 is 0.970 bits per heavy atom. The molecule has 4 nitrogen and oxygen atoms in total. The molecule has 0 saturated heterocycles. The monoisotopic (exact) mass is 433 g/mol. The van der Waals surface area contributed by atoms with Gasteiger partial charge in [-0.25, -0.2) is 0 Å². The minimum atomic E-state index is -0.107. The average Bonchev–Trinajstić information content (AvgIpc) is 3.30. The number of H-pyrrole nitrogens is 1. The first-order valence-electron chi connectivity index (χ1n) is 11.5. The molecule has 164 valence electrons. The van der Waals surface area contributed by atoms with Crippen molar-refractivity contribution >= 4 is 34.0 Å². The molecule has 2 N–H and O–H groups in total. The third-order valence-electron chi connectivity index (χ3n) is 6.47. The summed E-state index contributed by atoms with van der Waals surface area (Å²) in [5.41, 5.74) is 8.39. The lowest BCUT2D eigenvalue weighted by Gasteiger charge is -2.31. The molecule has 0 bridgehead atoms. The number of amides is 1. The molecule has 4 heteroatoms. The molecule has 0 aliphatic heterocycles. The van der Waals surface area contributed by atoms with Crippen molar-refractivity contribution in [1.29, 1.82) is 0 Å². The molecule has 1 aliphatic carbocycles. The third kappa shape index (κ3) is 4.37. The second-order valence-corrected chi connectivity index (χ2v) is 8.52. The zero-order chi connectivity index (χ0) is 22.6. The van der Waals surface area contributed by atoms with Crippen molar-refractivity contribution in [3.05, 3.63) is 107 Å². The summed E-state index contributed by atoms with van der Waals surface area (Å²) in [4.78, 5) is 11.6.